The van der Waals surface area contributed by atoms with Crippen LogP contribution < -0.4 is 5.56 Å². The number of fused-ring (bicyclic) bond motifs is 1. The van der Waals surface area contributed by atoms with Crippen LogP contribution in [0.2, 0.25) is 0 Å². The molecular formula is C22H36N7O5P. The molecule has 3 heterocycles. The summed E-state index contributed by atoms with van der Waals surface area (Å²) in [5.41, 5.74) is 1.25. The highest BCUT2D eigenvalue weighted by Gasteiger charge is 2.42. The zero-order valence-corrected chi connectivity index (χ0v) is 22.2. The largest absolute Gasteiger partial charge is 0.394 e. The van der Waals surface area contributed by atoms with Crippen LogP contribution in [0.1, 0.15) is 65.8 Å². The van der Waals surface area contributed by atoms with E-state index < -0.39 is 27.0 Å². The highest BCUT2D eigenvalue weighted by Crippen LogP contribution is 2.49. The van der Waals surface area contributed by atoms with Crippen molar-refractivity contribution in [3.8, 4) is 6.07 Å². The molecule has 4 atom stereocenters. The summed E-state index contributed by atoms with van der Waals surface area (Å²) in [4.78, 5) is 13.3. The highest BCUT2D eigenvalue weighted by molar-refractivity contribution is 7.44. The van der Waals surface area contributed by atoms with Gasteiger partial charge in [0.2, 0.25) is 0 Å². The zero-order chi connectivity index (χ0) is 25.7. The quantitative estimate of drug-likeness (QED) is 0.335. The smallest absolute Gasteiger partial charge is 0.298 e. The van der Waals surface area contributed by atoms with Crippen LogP contribution in [0.25, 0.3) is 11.0 Å². The van der Waals surface area contributed by atoms with Gasteiger partial charge in [0.1, 0.15) is 11.6 Å². The number of aliphatic hydroxyl groups is 1. The molecule has 0 bridgehead atoms. The van der Waals surface area contributed by atoms with Crippen molar-refractivity contribution in [3.63, 3.8) is 0 Å². The molecule has 194 valence electrons. The summed E-state index contributed by atoms with van der Waals surface area (Å²) in [6, 6.07) is 2.35. The summed E-state index contributed by atoms with van der Waals surface area (Å²) in [6.45, 7) is 10.2. The molecular weight excluding hydrogens is 473 g/mol. The van der Waals surface area contributed by atoms with Gasteiger partial charge in [0.25, 0.3) is 14.1 Å². The molecule has 2 aromatic rings. The van der Waals surface area contributed by atoms with Crippen molar-refractivity contribution < 1.29 is 18.9 Å². The number of hydrogen-bond acceptors (Lipinski definition) is 10. The van der Waals surface area contributed by atoms with Gasteiger partial charge < -0.3 is 18.9 Å². The number of ether oxygens (including phenoxy) is 1. The van der Waals surface area contributed by atoms with Crippen molar-refractivity contribution in [1.82, 2.24) is 29.4 Å². The number of rotatable bonds is 12. The summed E-state index contributed by atoms with van der Waals surface area (Å²) >= 11 is 0. The second-order valence-electron chi connectivity index (χ2n) is 9.09. The van der Waals surface area contributed by atoms with Gasteiger partial charge in [-0.25, -0.2) is 4.67 Å². The number of nitriles is 1. The number of nitrogens with zero attached hydrogens (tertiary/aromatic N) is 7. The molecule has 3 rings (SSSR count). The highest BCUT2D eigenvalue weighted by atomic mass is 31.2. The number of hydrogen-bond donors (Lipinski definition) is 1. The van der Waals surface area contributed by atoms with E-state index in [-0.39, 0.29) is 43.7 Å². The Morgan fingerprint density at radius 2 is 2.06 bits per heavy atom. The Kier molecular flexibility index (Phi) is 9.69. The topological polar surface area (TPSA) is 141 Å². The first-order chi connectivity index (χ1) is 16.7. The first-order valence-corrected chi connectivity index (χ1v) is 13.2. The SMILES string of the molecule is CCCc1nn(C)c2c(=O)n(C3CC(OP(OCCC#N)N(C(C)C)C(C)C)C(CO)O3)nnc12. The van der Waals surface area contributed by atoms with E-state index in [4.69, 9.17) is 19.0 Å². The third-order valence-corrected chi connectivity index (χ3v) is 7.91. The lowest BCUT2D eigenvalue weighted by atomic mass is 10.2. The first-order valence-electron chi connectivity index (χ1n) is 12.1. The standard InChI is InChI=1S/C22H36N7O5P/c1-7-9-16-20-21(27(6)25-16)22(31)28(26-24-20)19-12-17(18(13-30)33-19)34-35(32-11-8-10-23)29(14(2)3)15(4)5/h14-15,17-19,30H,7-9,11-13H2,1-6H3. The van der Waals surface area contributed by atoms with Crippen LogP contribution in [0.3, 0.4) is 0 Å². The van der Waals surface area contributed by atoms with E-state index in [0.29, 0.717) is 17.5 Å². The van der Waals surface area contributed by atoms with Crippen LogP contribution in [-0.2, 0) is 27.3 Å². The van der Waals surface area contributed by atoms with E-state index in [2.05, 4.69) is 53.8 Å². The fourth-order valence-electron chi connectivity index (χ4n) is 4.28. The van der Waals surface area contributed by atoms with Gasteiger partial charge in [-0.15, -0.1) is 5.10 Å². The summed E-state index contributed by atoms with van der Waals surface area (Å²) < 4.78 is 23.2. The molecule has 13 heteroatoms. The van der Waals surface area contributed by atoms with Crippen LogP contribution in [0.5, 0.6) is 0 Å². The molecule has 2 aromatic heterocycles. The summed E-state index contributed by atoms with van der Waals surface area (Å²) in [6.07, 6.45) is 0.152. The molecule has 0 radical (unpaired) electrons. The van der Waals surface area contributed by atoms with E-state index in [1.807, 2.05) is 6.92 Å². The maximum absolute atomic E-state index is 13.3. The summed E-state index contributed by atoms with van der Waals surface area (Å²) in [5.74, 6) is 0. The molecule has 0 aliphatic carbocycles. The maximum atomic E-state index is 13.3. The van der Waals surface area contributed by atoms with E-state index in [9.17, 15) is 9.90 Å². The number of aromatic nitrogens is 5. The van der Waals surface area contributed by atoms with E-state index >= 15 is 0 Å². The molecule has 0 amide bonds. The lowest BCUT2D eigenvalue weighted by molar-refractivity contribution is -0.0488. The Bertz CT molecular complexity index is 1070. The van der Waals surface area contributed by atoms with E-state index in [1.54, 1.807) is 7.05 Å². The monoisotopic (exact) mass is 509 g/mol. The Morgan fingerprint density at radius 1 is 1.34 bits per heavy atom. The van der Waals surface area contributed by atoms with Gasteiger partial charge in [-0.05, 0) is 34.1 Å². The summed E-state index contributed by atoms with van der Waals surface area (Å²) in [5, 5.41) is 31.8. The predicted molar refractivity (Wildman–Crippen MR) is 130 cm³/mol. The molecule has 1 fully saturated rings. The van der Waals surface area contributed by atoms with Gasteiger partial charge in [-0.2, -0.15) is 15.0 Å². The first kappa shape index (κ1) is 27.6. The second-order valence-corrected chi connectivity index (χ2v) is 10.5. The number of aliphatic hydroxyl groups excluding tert-OH is 1. The van der Waals surface area contributed by atoms with Crippen LogP contribution in [0, 0.1) is 11.3 Å². The Hall–Kier alpha value is -2.00. The van der Waals surface area contributed by atoms with Gasteiger partial charge in [-0.1, -0.05) is 18.6 Å². The van der Waals surface area contributed by atoms with Crippen LogP contribution in [0.15, 0.2) is 4.79 Å². The normalized spacial score (nSPS) is 21.5. The fraction of sp³-hybridized carbons (Fsp3) is 0.773. The van der Waals surface area contributed by atoms with Crippen LogP contribution >= 0.6 is 8.53 Å². The number of aryl methyl sites for hydroxylation is 2. The molecule has 0 saturated carbocycles. The Balaban J connectivity index is 1.87. The molecule has 0 spiro atoms. The van der Waals surface area contributed by atoms with Crippen molar-refractivity contribution >= 4 is 19.6 Å². The predicted octanol–water partition coefficient (Wildman–Crippen LogP) is 2.42. The minimum absolute atomic E-state index is 0.131. The van der Waals surface area contributed by atoms with Crippen molar-refractivity contribution in [2.75, 3.05) is 13.2 Å². The van der Waals surface area contributed by atoms with Gasteiger partial charge in [0, 0.05) is 25.6 Å². The maximum Gasteiger partial charge on any atom is 0.298 e. The average Bonchev–Trinajstić information content (AvgIpc) is 3.34. The molecule has 1 aliphatic rings. The van der Waals surface area contributed by atoms with E-state index in [1.165, 1.54) is 9.36 Å². The average molecular weight is 510 g/mol. The zero-order valence-electron chi connectivity index (χ0n) is 21.3. The van der Waals surface area contributed by atoms with Gasteiger partial charge in [0.15, 0.2) is 11.7 Å². The van der Waals surface area contributed by atoms with Gasteiger partial charge in [0.05, 0.1) is 37.5 Å². The van der Waals surface area contributed by atoms with Crippen molar-refractivity contribution in [1.29, 1.82) is 5.26 Å². The van der Waals surface area contributed by atoms with Crippen LogP contribution in [-0.4, -0.2) is 72.1 Å². The summed E-state index contributed by atoms with van der Waals surface area (Å²) in [7, 11) is 0.179. The molecule has 12 nitrogen and oxygen atoms in total. The molecule has 1 N–H and O–H groups in total. The molecule has 1 saturated heterocycles. The lowest BCUT2D eigenvalue weighted by Gasteiger charge is -2.37. The lowest BCUT2D eigenvalue weighted by Crippen LogP contribution is -2.36. The second kappa shape index (κ2) is 12.3. The van der Waals surface area contributed by atoms with Crippen molar-refractivity contribution in [3.05, 3.63) is 16.0 Å². The van der Waals surface area contributed by atoms with Crippen molar-refractivity contribution in [2.24, 2.45) is 7.05 Å². The molecule has 0 aromatic carbocycles. The minimum Gasteiger partial charge on any atom is -0.394 e. The van der Waals surface area contributed by atoms with Gasteiger partial charge in [-0.3, -0.25) is 9.48 Å². The third kappa shape index (κ3) is 6.05. The molecule has 4 unspecified atom stereocenters. The minimum atomic E-state index is -1.53. The Morgan fingerprint density at radius 3 is 2.66 bits per heavy atom. The molecule has 1 aliphatic heterocycles. The van der Waals surface area contributed by atoms with Crippen molar-refractivity contribution in [2.45, 2.75) is 90.8 Å². The third-order valence-electron chi connectivity index (χ3n) is 5.75. The fourth-order valence-corrected chi connectivity index (χ4v) is 6.04. The molecule has 35 heavy (non-hydrogen) atoms. The van der Waals surface area contributed by atoms with Crippen LogP contribution in [0.4, 0.5) is 0 Å². The van der Waals surface area contributed by atoms with Gasteiger partial charge >= 0.3 is 0 Å². The Labute approximate surface area is 206 Å². The van der Waals surface area contributed by atoms with E-state index in [0.717, 1.165) is 12.1 Å².